The van der Waals surface area contributed by atoms with Crippen molar-refractivity contribution in [3.8, 4) is 60.0 Å². The number of H-pyrrole nitrogens is 2. The standard InChI is InChI=1S/C30H34N6.2C2H2/c1-3-15-31-19-28-33-18-27(35-28)23-10-7-21(8-11-23)5-6-22-9-13-25-24(17-22)12-14-26-30(25)36-29(34-26)20-32-16-4-2;2*1-2/h7-11,13,17-18,31-32H,3-4,12,14-16,19-20H2,1-2H3,(H,33,35)(H,34,36);2*1-2H. The minimum Gasteiger partial charge on any atom is -0.344 e. The molecule has 0 fully saturated rings. The van der Waals surface area contributed by atoms with Gasteiger partial charge in [-0.1, -0.05) is 43.9 Å². The molecule has 0 unspecified atom stereocenters. The number of nitrogens with one attached hydrogen (secondary N) is 4. The van der Waals surface area contributed by atoms with Gasteiger partial charge in [0.05, 0.1) is 30.7 Å². The lowest BCUT2D eigenvalue weighted by atomic mass is 9.91. The number of aromatic amines is 2. The molecule has 4 aromatic rings. The van der Waals surface area contributed by atoms with Crippen LogP contribution in [-0.4, -0.2) is 33.0 Å². The average molecular weight is 531 g/mol. The molecule has 0 saturated carbocycles. The first-order valence-electron chi connectivity index (χ1n) is 13.7. The van der Waals surface area contributed by atoms with Gasteiger partial charge in [0.2, 0.25) is 0 Å². The molecular formula is C34H38N6. The largest absolute Gasteiger partial charge is 0.344 e. The third-order valence-electron chi connectivity index (χ3n) is 6.45. The second-order valence-electron chi connectivity index (χ2n) is 9.31. The molecule has 1 aliphatic rings. The van der Waals surface area contributed by atoms with Crippen molar-refractivity contribution in [2.75, 3.05) is 13.1 Å². The summed E-state index contributed by atoms with van der Waals surface area (Å²) in [6.07, 6.45) is 22.1. The van der Waals surface area contributed by atoms with E-state index in [2.05, 4.69) is 119 Å². The summed E-state index contributed by atoms with van der Waals surface area (Å²) in [7, 11) is 0. The molecule has 0 spiro atoms. The molecule has 2 heterocycles. The van der Waals surface area contributed by atoms with Crippen LogP contribution in [0.3, 0.4) is 0 Å². The Kier molecular flexibility index (Phi) is 11.8. The Labute approximate surface area is 238 Å². The molecule has 2 aromatic carbocycles. The van der Waals surface area contributed by atoms with Gasteiger partial charge in [-0.2, -0.15) is 0 Å². The summed E-state index contributed by atoms with van der Waals surface area (Å²) >= 11 is 0. The Morgan fingerprint density at radius 3 is 2.15 bits per heavy atom. The summed E-state index contributed by atoms with van der Waals surface area (Å²) in [4.78, 5) is 16.3. The lowest BCUT2D eigenvalue weighted by Crippen LogP contribution is -2.14. The van der Waals surface area contributed by atoms with Crippen molar-refractivity contribution in [3.05, 3.63) is 82.7 Å². The highest BCUT2D eigenvalue weighted by Crippen LogP contribution is 2.32. The number of fused-ring (bicyclic) bond motifs is 3. The lowest BCUT2D eigenvalue weighted by Gasteiger charge is -2.15. The van der Waals surface area contributed by atoms with Gasteiger partial charge in [-0.25, -0.2) is 9.97 Å². The van der Waals surface area contributed by atoms with Crippen LogP contribution in [0.25, 0.3) is 22.5 Å². The number of aryl methyl sites for hydroxylation is 2. The molecule has 0 amide bonds. The number of hydrogen-bond acceptors (Lipinski definition) is 4. The quantitative estimate of drug-likeness (QED) is 0.171. The molecule has 0 bridgehead atoms. The summed E-state index contributed by atoms with van der Waals surface area (Å²) in [6.45, 7) is 7.89. The van der Waals surface area contributed by atoms with Crippen LogP contribution >= 0.6 is 0 Å². The van der Waals surface area contributed by atoms with Crippen LogP contribution in [-0.2, 0) is 25.9 Å². The fourth-order valence-electron chi connectivity index (χ4n) is 4.56. The first kappa shape index (κ1) is 30.0. The first-order chi connectivity index (χ1) is 19.7. The third kappa shape index (κ3) is 7.75. The number of benzene rings is 2. The van der Waals surface area contributed by atoms with Crippen molar-refractivity contribution < 1.29 is 0 Å². The predicted octanol–water partition coefficient (Wildman–Crippen LogP) is 5.46. The maximum Gasteiger partial charge on any atom is 0.121 e. The zero-order valence-corrected chi connectivity index (χ0v) is 23.5. The molecule has 5 rings (SSSR count). The minimum absolute atomic E-state index is 0.761. The fraction of sp³-hybridized carbons (Fsp3) is 0.294. The molecule has 6 nitrogen and oxygen atoms in total. The van der Waals surface area contributed by atoms with Crippen LogP contribution in [0.1, 0.15) is 60.7 Å². The number of hydrogen-bond donors (Lipinski definition) is 4. The number of aromatic nitrogens is 4. The van der Waals surface area contributed by atoms with Crippen molar-refractivity contribution >= 4 is 0 Å². The van der Waals surface area contributed by atoms with E-state index < -0.39 is 0 Å². The summed E-state index contributed by atoms with van der Waals surface area (Å²) in [5, 5.41) is 6.80. The fourth-order valence-corrected chi connectivity index (χ4v) is 4.56. The SMILES string of the molecule is C#C.C#C.CCCNCc1ncc(-c2ccc(C#Cc3ccc4c(c3)CCc3[nH]c(CNCCC)nc3-4)cc2)[nH]1. The summed E-state index contributed by atoms with van der Waals surface area (Å²) < 4.78 is 0. The Morgan fingerprint density at radius 2 is 1.45 bits per heavy atom. The van der Waals surface area contributed by atoms with E-state index in [-0.39, 0.29) is 0 Å². The molecule has 4 N–H and O–H groups in total. The van der Waals surface area contributed by atoms with E-state index in [1.807, 2.05) is 6.20 Å². The van der Waals surface area contributed by atoms with Gasteiger partial charge in [0.1, 0.15) is 11.6 Å². The Morgan fingerprint density at radius 1 is 0.800 bits per heavy atom. The van der Waals surface area contributed by atoms with Crippen LogP contribution in [0.15, 0.2) is 48.7 Å². The molecule has 0 radical (unpaired) electrons. The predicted molar refractivity (Wildman–Crippen MR) is 165 cm³/mol. The number of imidazole rings is 2. The van der Waals surface area contributed by atoms with Crippen LogP contribution in [0.2, 0.25) is 0 Å². The topological polar surface area (TPSA) is 81.4 Å². The highest BCUT2D eigenvalue weighted by atomic mass is 15.0. The molecule has 1 aliphatic carbocycles. The summed E-state index contributed by atoms with van der Waals surface area (Å²) in [5.41, 5.74) is 9.08. The van der Waals surface area contributed by atoms with Gasteiger partial charge in [0.25, 0.3) is 0 Å². The monoisotopic (exact) mass is 530 g/mol. The Hall–Kier alpha value is -4.54. The summed E-state index contributed by atoms with van der Waals surface area (Å²) in [6, 6.07) is 14.8. The molecule has 40 heavy (non-hydrogen) atoms. The van der Waals surface area contributed by atoms with Gasteiger partial charge in [-0.05, 0) is 74.2 Å². The summed E-state index contributed by atoms with van der Waals surface area (Å²) in [5.74, 6) is 8.65. The first-order valence-corrected chi connectivity index (χ1v) is 13.7. The number of terminal acetylenes is 2. The lowest BCUT2D eigenvalue weighted by molar-refractivity contribution is 0.654. The van der Waals surface area contributed by atoms with Crippen LogP contribution in [0.4, 0.5) is 0 Å². The molecule has 2 aromatic heterocycles. The van der Waals surface area contributed by atoms with E-state index in [1.54, 1.807) is 0 Å². The molecule has 0 atom stereocenters. The van der Waals surface area contributed by atoms with E-state index >= 15 is 0 Å². The molecular weight excluding hydrogens is 492 g/mol. The molecule has 0 aliphatic heterocycles. The van der Waals surface area contributed by atoms with Crippen molar-refractivity contribution in [3.63, 3.8) is 0 Å². The van der Waals surface area contributed by atoms with Crippen molar-refractivity contribution in [2.45, 2.75) is 52.6 Å². The zero-order valence-electron chi connectivity index (χ0n) is 23.5. The van der Waals surface area contributed by atoms with Crippen molar-refractivity contribution in [1.29, 1.82) is 0 Å². The van der Waals surface area contributed by atoms with E-state index in [0.717, 1.165) is 91.6 Å². The second kappa shape index (κ2) is 15.8. The van der Waals surface area contributed by atoms with Gasteiger partial charge >= 0.3 is 0 Å². The maximum atomic E-state index is 4.88. The zero-order chi connectivity index (χ0) is 28.7. The maximum absolute atomic E-state index is 4.88. The second-order valence-corrected chi connectivity index (χ2v) is 9.31. The van der Waals surface area contributed by atoms with Crippen LogP contribution in [0, 0.1) is 37.5 Å². The highest BCUT2D eigenvalue weighted by Gasteiger charge is 2.20. The molecule has 0 saturated heterocycles. The normalized spacial score (nSPS) is 10.9. The van der Waals surface area contributed by atoms with Gasteiger partial charge in [-0.15, -0.1) is 25.7 Å². The van der Waals surface area contributed by atoms with E-state index in [4.69, 9.17) is 4.98 Å². The number of nitrogens with zero attached hydrogens (tertiary/aromatic N) is 2. The van der Waals surface area contributed by atoms with Gasteiger partial charge in [0, 0.05) is 22.4 Å². The molecule has 6 heteroatoms. The Balaban J connectivity index is 0.00000106. The van der Waals surface area contributed by atoms with E-state index in [9.17, 15) is 0 Å². The van der Waals surface area contributed by atoms with Gasteiger partial charge < -0.3 is 20.6 Å². The highest BCUT2D eigenvalue weighted by molar-refractivity contribution is 5.70. The van der Waals surface area contributed by atoms with Gasteiger partial charge in [0.15, 0.2) is 0 Å². The Bertz CT molecular complexity index is 1450. The minimum atomic E-state index is 0.761. The van der Waals surface area contributed by atoms with Crippen LogP contribution < -0.4 is 10.6 Å². The van der Waals surface area contributed by atoms with E-state index in [0.29, 0.717) is 0 Å². The third-order valence-corrected chi connectivity index (χ3v) is 6.45. The van der Waals surface area contributed by atoms with Crippen molar-refractivity contribution in [2.24, 2.45) is 0 Å². The number of rotatable bonds is 9. The molecule has 204 valence electrons. The smallest absolute Gasteiger partial charge is 0.121 e. The van der Waals surface area contributed by atoms with Crippen LogP contribution in [0.5, 0.6) is 0 Å². The van der Waals surface area contributed by atoms with Crippen molar-refractivity contribution in [1.82, 2.24) is 30.6 Å². The average Bonchev–Trinajstić information content (AvgIpc) is 3.66. The van der Waals surface area contributed by atoms with Gasteiger partial charge in [-0.3, -0.25) is 0 Å². The van der Waals surface area contributed by atoms with E-state index in [1.165, 1.54) is 16.8 Å².